The van der Waals surface area contributed by atoms with Crippen molar-refractivity contribution in [3.63, 3.8) is 0 Å². The number of benzene rings is 2. The van der Waals surface area contributed by atoms with Gasteiger partial charge in [0.25, 0.3) is 5.91 Å². The van der Waals surface area contributed by atoms with E-state index < -0.39 is 11.9 Å². The third-order valence-electron chi connectivity index (χ3n) is 4.34. The van der Waals surface area contributed by atoms with Crippen molar-refractivity contribution in [2.75, 3.05) is 5.32 Å². The topological polar surface area (TPSA) is 117 Å². The van der Waals surface area contributed by atoms with Gasteiger partial charge in [-0.3, -0.25) is 13.9 Å². The van der Waals surface area contributed by atoms with Crippen LogP contribution in [0, 0.1) is 11.3 Å². The van der Waals surface area contributed by atoms with Crippen molar-refractivity contribution in [2.45, 2.75) is 0 Å². The molecule has 0 aliphatic rings. The van der Waals surface area contributed by atoms with Crippen LogP contribution in [-0.2, 0) is 18.9 Å². The molecule has 8 nitrogen and oxygen atoms in total. The van der Waals surface area contributed by atoms with Gasteiger partial charge >= 0.3 is 11.7 Å². The summed E-state index contributed by atoms with van der Waals surface area (Å²) in [4.78, 5) is 35.5. The largest absolute Gasteiger partial charge is 0.478 e. The smallest absolute Gasteiger partial charge is 0.335 e. The van der Waals surface area contributed by atoms with E-state index in [1.807, 2.05) is 6.07 Å². The number of aromatic carboxylic acids is 1. The first kappa shape index (κ1) is 18.7. The maximum absolute atomic E-state index is 12.4. The van der Waals surface area contributed by atoms with Crippen LogP contribution in [0.2, 0.25) is 0 Å². The maximum Gasteiger partial charge on any atom is 0.335 e. The summed E-state index contributed by atoms with van der Waals surface area (Å²) >= 11 is 0. The molecule has 1 heterocycles. The fourth-order valence-electron chi connectivity index (χ4n) is 2.86. The Hall–Kier alpha value is -4.12. The molecule has 1 amide bonds. The van der Waals surface area contributed by atoms with Crippen molar-refractivity contribution in [3.05, 3.63) is 69.6 Å². The van der Waals surface area contributed by atoms with Crippen molar-refractivity contribution in [1.29, 1.82) is 5.26 Å². The molecule has 0 saturated heterocycles. The number of aromatic nitrogens is 2. The fourth-order valence-corrected chi connectivity index (χ4v) is 2.86. The minimum absolute atomic E-state index is 0.0238. The van der Waals surface area contributed by atoms with Gasteiger partial charge in [-0.15, -0.1) is 0 Å². The minimum atomic E-state index is -1.12. The van der Waals surface area contributed by atoms with E-state index in [9.17, 15) is 19.6 Å². The Morgan fingerprint density at radius 1 is 1.11 bits per heavy atom. The van der Waals surface area contributed by atoms with E-state index in [0.717, 1.165) is 5.52 Å². The van der Waals surface area contributed by atoms with Crippen LogP contribution in [0.1, 0.15) is 15.9 Å². The average Bonchev–Trinajstić information content (AvgIpc) is 2.90. The number of hydrogen-bond acceptors (Lipinski definition) is 4. The zero-order valence-corrected chi connectivity index (χ0v) is 15.1. The molecule has 28 heavy (non-hydrogen) atoms. The lowest BCUT2D eigenvalue weighted by Gasteiger charge is -2.05. The molecular formula is C20H16N4O4. The highest BCUT2D eigenvalue weighted by Gasteiger charge is 2.12. The Balaban J connectivity index is 1.92. The number of nitrogens with one attached hydrogen (secondary N) is 1. The van der Waals surface area contributed by atoms with Crippen LogP contribution in [0.4, 0.5) is 5.69 Å². The van der Waals surface area contributed by atoms with Crippen molar-refractivity contribution in [3.8, 4) is 6.07 Å². The summed E-state index contributed by atoms with van der Waals surface area (Å²) in [5, 5.41) is 20.9. The zero-order valence-electron chi connectivity index (χ0n) is 15.1. The molecule has 0 saturated carbocycles. The molecule has 0 spiro atoms. The Morgan fingerprint density at radius 3 is 2.50 bits per heavy atom. The van der Waals surface area contributed by atoms with Gasteiger partial charge in [-0.25, -0.2) is 9.59 Å². The van der Waals surface area contributed by atoms with Gasteiger partial charge in [-0.05, 0) is 42.0 Å². The van der Waals surface area contributed by atoms with Crippen LogP contribution >= 0.6 is 0 Å². The highest BCUT2D eigenvalue weighted by molar-refractivity contribution is 6.10. The number of carboxylic acids is 1. The summed E-state index contributed by atoms with van der Waals surface area (Å²) in [5.74, 6) is -1.78. The predicted octanol–water partition coefficient (Wildman–Crippen LogP) is 2.12. The first-order chi connectivity index (χ1) is 13.3. The number of amides is 1. The van der Waals surface area contributed by atoms with Gasteiger partial charge in [0.15, 0.2) is 0 Å². The summed E-state index contributed by atoms with van der Waals surface area (Å²) in [5.41, 5.74) is 1.96. The summed E-state index contributed by atoms with van der Waals surface area (Å²) < 4.78 is 2.99. The van der Waals surface area contributed by atoms with E-state index in [0.29, 0.717) is 11.1 Å². The number of rotatable bonds is 4. The number of anilines is 1. The molecule has 0 aliphatic carbocycles. The van der Waals surface area contributed by atoms with E-state index in [-0.39, 0.29) is 22.5 Å². The predicted molar refractivity (Wildman–Crippen MR) is 104 cm³/mol. The molecule has 8 heteroatoms. The monoisotopic (exact) mass is 376 g/mol. The molecule has 0 atom stereocenters. The lowest BCUT2D eigenvalue weighted by Crippen LogP contribution is -2.19. The summed E-state index contributed by atoms with van der Waals surface area (Å²) in [6.07, 6.45) is 1.41. The van der Waals surface area contributed by atoms with E-state index in [2.05, 4.69) is 5.32 Å². The third kappa shape index (κ3) is 3.41. The number of aryl methyl sites for hydroxylation is 2. The summed E-state index contributed by atoms with van der Waals surface area (Å²) in [6.45, 7) is 0. The van der Waals surface area contributed by atoms with Gasteiger partial charge in [0.05, 0.1) is 16.6 Å². The van der Waals surface area contributed by atoms with Crippen LogP contribution in [-0.4, -0.2) is 26.1 Å². The van der Waals surface area contributed by atoms with Crippen molar-refractivity contribution in [1.82, 2.24) is 9.13 Å². The van der Waals surface area contributed by atoms with E-state index in [1.165, 1.54) is 39.5 Å². The lowest BCUT2D eigenvalue weighted by molar-refractivity contribution is -0.112. The average molecular weight is 376 g/mol. The number of nitrogens with zero attached hydrogens (tertiary/aromatic N) is 3. The standard InChI is InChI=1S/C20H16N4O4/c1-23-16-7-6-12(9-17(16)24(2)20(23)28)8-14(11-21)18(25)22-15-5-3-4-13(10-15)19(26)27/h3-10H,1-2H3,(H,22,25)(H,26,27). The zero-order chi connectivity index (χ0) is 20.4. The van der Waals surface area contributed by atoms with Crippen LogP contribution in [0.3, 0.4) is 0 Å². The lowest BCUT2D eigenvalue weighted by atomic mass is 10.1. The molecule has 140 valence electrons. The van der Waals surface area contributed by atoms with Crippen LogP contribution in [0.5, 0.6) is 0 Å². The van der Waals surface area contributed by atoms with Gasteiger partial charge in [0.1, 0.15) is 11.6 Å². The minimum Gasteiger partial charge on any atom is -0.478 e. The molecule has 0 aliphatic heterocycles. The van der Waals surface area contributed by atoms with Gasteiger partial charge in [-0.2, -0.15) is 5.26 Å². The van der Waals surface area contributed by atoms with Crippen molar-refractivity contribution < 1.29 is 14.7 Å². The first-order valence-corrected chi connectivity index (χ1v) is 8.24. The molecule has 0 unspecified atom stereocenters. The summed E-state index contributed by atoms with van der Waals surface area (Å²) in [7, 11) is 3.31. The van der Waals surface area contributed by atoms with Crippen LogP contribution < -0.4 is 11.0 Å². The number of carbonyl (C=O) groups is 2. The molecule has 1 aromatic heterocycles. The van der Waals surface area contributed by atoms with E-state index >= 15 is 0 Å². The Morgan fingerprint density at radius 2 is 1.82 bits per heavy atom. The van der Waals surface area contributed by atoms with Crippen LogP contribution in [0.15, 0.2) is 52.8 Å². The molecular weight excluding hydrogens is 360 g/mol. The maximum atomic E-state index is 12.4. The van der Waals surface area contributed by atoms with Gasteiger partial charge in [0.2, 0.25) is 0 Å². The van der Waals surface area contributed by atoms with Gasteiger partial charge in [-0.1, -0.05) is 12.1 Å². The van der Waals surface area contributed by atoms with Crippen LogP contribution in [0.25, 0.3) is 17.1 Å². The van der Waals surface area contributed by atoms with E-state index in [4.69, 9.17) is 5.11 Å². The molecule has 2 aromatic carbocycles. The normalized spacial score (nSPS) is 11.2. The van der Waals surface area contributed by atoms with Gasteiger partial charge in [0, 0.05) is 19.8 Å². The second-order valence-corrected chi connectivity index (χ2v) is 6.16. The second-order valence-electron chi connectivity index (χ2n) is 6.16. The molecule has 3 rings (SSSR count). The number of carboxylic acid groups (broad SMARTS) is 1. The number of nitriles is 1. The third-order valence-corrected chi connectivity index (χ3v) is 4.34. The van der Waals surface area contributed by atoms with Crippen molar-refractivity contribution in [2.24, 2.45) is 14.1 Å². The summed E-state index contributed by atoms with van der Waals surface area (Å²) in [6, 6.07) is 12.7. The molecule has 0 radical (unpaired) electrons. The van der Waals surface area contributed by atoms with E-state index in [1.54, 1.807) is 32.3 Å². The SMILES string of the molecule is Cn1c(=O)n(C)c2cc(C=C(C#N)C(=O)Nc3cccc(C(=O)O)c3)ccc21. The highest BCUT2D eigenvalue weighted by atomic mass is 16.4. The molecule has 3 aromatic rings. The second kappa shape index (κ2) is 7.25. The Labute approximate surface area is 159 Å². The fraction of sp³-hybridized carbons (Fsp3) is 0.100. The number of imidazole rings is 1. The van der Waals surface area contributed by atoms with Gasteiger partial charge < -0.3 is 10.4 Å². The number of hydrogen-bond donors (Lipinski definition) is 2. The molecule has 0 fully saturated rings. The first-order valence-electron chi connectivity index (χ1n) is 8.24. The van der Waals surface area contributed by atoms with Crippen molar-refractivity contribution >= 4 is 34.7 Å². The highest BCUT2D eigenvalue weighted by Crippen LogP contribution is 2.17. The Kier molecular flexibility index (Phi) is 4.83. The Bertz CT molecular complexity index is 1240. The molecule has 0 bridgehead atoms. The quantitative estimate of drug-likeness (QED) is 0.534. The number of carbonyl (C=O) groups excluding carboxylic acids is 1. The molecule has 2 N–H and O–H groups in total. The number of fused-ring (bicyclic) bond motifs is 1.